The summed E-state index contributed by atoms with van der Waals surface area (Å²) >= 11 is 6.62. The summed E-state index contributed by atoms with van der Waals surface area (Å²) in [5.41, 5.74) is 6.89. The number of aryl methyl sites for hydroxylation is 2. The van der Waals surface area contributed by atoms with Crippen LogP contribution in [0.25, 0.3) is 21.9 Å². The maximum absolute atomic E-state index is 6.62. The SMILES string of the molecule is COc1ccc2nc(CNC34CCC(CCc5c(Cl)cnc6ccc(C)nc56)(CC3)CC4)ccc2c1. The summed E-state index contributed by atoms with van der Waals surface area (Å²) in [4.78, 5) is 14.2. The van der Waals surface area contributed by atoms with Crippen LogP contribution in [0.2, 0.25) is 5.02 Å². The number of methoxy groups -OCH3 is 1. The Morgan fingerprint density at radius 2 is 1.72 bits per heavy atom. The molecule has 3 heterocycles. The standard InChI is InChI=1S/C30H33ClN4O/c1-20-3-7-27-28(34-20)24(25(31)19-32-27)9-10-29-11-14-30(15-12-29,16-13-29)33-18-22-5-4-21-17-23(36-2)6-8-26(21)35-22/h3-8,17,19,33H,9-16,18H2,1-2H3. The summed E-state index contributed by atoms with van der Waals surface area (Å²) in [5.74, 6) is 0.868. The maximum Gasteiger partial charge on any atom is 0.119 e. The summed E-state index contributed by atoms with van der Waals surface area (Å²) in [6.45, 7) is 2.85. The van der Waals surface area contributed by atoms with E-state index in [4.69, 9.17) is 26.3 Å². The number of ether oxygens (including phenoxy) is 1. The minimum atomic E-state index is 0.248. The Morgan fingerprint density at radius 3 is 2.50 bits per heavy atom. The molecular weight excluding hydrogens is 468 g/mol. The molecule has 3 saturated carbocycles. The third-order valence-electron chi connectivity index (χ3n) is 8.81. The van der Waals surface area contributed by atoms with E-state index in [1.807, 2.05) is 31.2 Å². The van der Waals surface area contributed by atoms with Crippen molar-refractivity contribution in [1.82, 2.24) is 20.3 Å². The molecule has 0 amide bonds. The van der Waals surface area contributed by atoms with Gasteiger partial charge in [-0.1, -0.05) is 17.7 Å². The largest absolute Gasteiger partial charge is 0.497 e. The highest BCUT2D eigenvalue weighted by Gasteiger charge is 2.47. The van der Waals surface area contributed by atoms with Crippen molar-refractivity contribution >= 4 is 33.5 Å². The second kappa shape index (κ2) is 9.28. The van der Waals surface area contributed by atoms with E-state index in [1.165, 1.54) is 50.5 Å². The van der Waals surface area contributed by atoms with Gasteiger partial charge in [-0.25, -0.2) is 0 Å². The lowest BCUT2D eigenvalue weighted by molar-refractivity contribution is 0.0162. The maximum atomic E-state index is 6.62. The zero-order chi connectivity index (χ0) is 24.8. The van der Waals surface area contributed by atoms with Gasteiger partial charge in [-0.3, -0.25) is 15.0 Å². The molecule has 3 aliphatic carbocycles. The number of hydrogen-bond donors (Lipinski definition) is 1. The molecule has 1 N–H and O–H groups in total. The van der Waals surface area contributed by atoms with Crippen LogP contribution < -0.4 is 10.1 Å². The number of hydrogen-bond acceptors (Lipinski definition) is 5. The molecule has 3 fully saturated rings. The lowest BCUT2D eigenvalue weighted by Crippen LogP contribution is -2.54. The quantitative estimate of drug-likeness (QED) is 0.297. The van der Waals surface area contributed by atoms with Crippen molar-refractivity contribution in [1.29, 1.82) is 0 Å². The van der Waals surface area contributed by atoms with E-state index >= 15 is 0 Å². The van der Waals surface area contributed by atoms with Crippen LogP contribution in [0.1, 0.15) is 61.9 Å². The number of pyridine rings is 3. The van der Waals surface area contributed by atoms with Gasteiger partial charge in [0, 0.05) is 34.9 Å². The van der Waals surface area contributed by atoms with Crippen LogP contribution in [-0.2, 0) is 13.0 Å². The molecule has 186 valence electrons. The van der Waals surface area contributed by atoms with E-state index in [-0.39, 0.29) is 5.54 Å². The normalized spacial score (nSPS) is 23.4. The average molecular weight is 501 g/mol. The number of rotatable bonds is 7. The molecule has 1 aromatic carbocycles. The minimum Gasteiger partial charge on any atom is -0.497 e. The first-order chi connectivity index (χ1) is 17.5. The van der Waals surface area contributed by atoms with E-state index < -0.39 is 0 Å². The van der Waals surface area contributed by atoms with Gasteiger partial charge in [-0.15, -0.1) is 0 Å². The van der Waals surface area contributed by atoms with Gasteiger partial charge in [-0.2, -0.15) is 0 Å². The Balaban J connectivity index is 1.10. The molecule has 0 aliphatic heterocycles. The average Bonchev–Trinajstić information content (AvgIpc) is 2.92. The predicted molar refractivity (Wildman–Crippen MR) is 146 cm³/mol. The van der Waals surface area contributed by atoms with E-state index in [2.05, 4.69) is 28.5 Å². The molecule has 4 aromatic rings. The lowest BCUT2D eigenvalue weighted by Gasteiger charge is -2.54. The topological polar surface area (TPSA) is 59.9 Å². The highest BCUT2D eigenvalue weighted by molar-refractivity contribution is 6.32. The highest BCUT2D eigenvalue weighted by atomic mass is 35.5. The molecule has 36 heavy (non-hydrogen) atoms. The fourth-order valence-corrected chi connectivity index (χ4v) is 6.61. The second-order valence-electron chi connectivity index (χ2n) is 10.9. The molecule has 6 heteroatoms. The molecule has 7 rings (SSSR count). The van der Waals surface area contributed by atoms with Crippen LogP contribution in [-0.4, -0.2) is 27.6 Å². The van der Waals surface area contributed by atoms with Crippen LogP contribution in [0.5, 0.6) is 5.75 Å². The van der Waals surface area contributed by atoms with Gasteiger partial charge < -0.3 is 10.1 Å². The summed E-state index contributed by atoms with van der Waals surface area (Å²) in [6, 6.07) is 14.4. The predicted octanol–water partition coefficient (Wildman–Crippen LogP) is 6.96. The number of nitrogens with zero attached hydrogens (tertiary/aromatic N) is 3. The zero-order valence-corrected chi connectivity index (χ0v) is 21.9. The Bertz CT molecular complexity index is 1410. The molecule has 0 saturated heterocycles. The fourth-order valence-electron chi connectivity index (χ4n) is 6.37. The number of benzene rings is 1. The molecule has 0 unspecified atom stereocenters. The highest BCUT2D eigenvalue weighted by Crippen LogP contribution is 2.54. The van der Waals surface area contributed by atoms with Crippen molar-refractivity contribution in [2.24, 2.45) is 5.41 Å². The van der Waals surface area contributed by atoms with Crippen molar-refractivity contribution < 1.29 is 4.74 Å². The Hall–Kier alpha value is -2.76. The van der Waals surface area contributed by atoms with Crippen LogP contribution in [0.4, 0.5) is 0 Å². The summed E-state index contributed by atoms with van der Waals surface area (Å²) in [6.07, 6.45) is 11.5. The van der Waals surface area contributed by atoms with Gasteiger partial charge in [-0.05, 0) is 100 Å². The number of nitrogens with one attached hydrogen (secondary N) is 1. The third kappa shape index (κ3) is 4.44. The molecular formula is C30H33ClN4O. The molecule has 3 aliphatic rings. The first-order valence-corrected chi connectivity index (χ1v) is 13.4. The van der Waals surface area contributed by atoms with Crippen molar-refractivity contribution in [2.75, 3.05) is 7.11 Å². The first kappa shape index (κ1) is 23.6. The summed E-state index contributed by atoms with van der Waals surface area (Å²) in [7, 11) is 1.70. The molecule has 5 nitrogen and oxygen atoms in total. The van der Waals surface area contributed by atoms with E-state index in [0.29, 0.717) is 5.41 Å². The smallest absolute Gasteiger partial charge is 0.119 e. The minimum absolute atomic E-state index is 0.248. The van der Waals surface area contributed by atoms with Gasteiger partial charge in [0.1, 0.15) is 5.75 Å². The number of aromatic nitrogens is 3. The van der Waals surface area contributed by atoms with E-state index in [1.54, 1.807) is 13.3 Å². The summed E-state index contributed by atoms with van der Waals surface area (Å²) < 4.78 is 5.34. The van der Waals surface area contributed by atoms with Gasteiger partial charge in [0.25, 0.3) is 0 Å². The van der Waals surface area contributed by atoms with E-state index in [9.17, 15) is 0 Å². The number of halogens is 1. The fraction of sp³-hybridized carbons (Fsp3) is 0.433. The molecule has 0 radical (unpaired) electrons. The van der Waals surface area contributed by atoms with Crippen LogP contribution >= 0.6 is 11.6 Å². The van der Waals surface area contributed by atoms with Crippen LogP contribution in [0, 0.1) is 12.3 Å². The Morgan fingerprint density at radius 1 is 0.944 bits per heavy atom. The van der Waals surface area contributed by atoms with Gasteiger partial charge in [0.15, 0.2) is 0 Å². The lowest BCUT2D eigenvalue weighted by atomic mass is 9.55. The second-order valence-corrected chi connectivity index (χ2v) is 11.3. The van der Waals surface area contributed by atoms with Gasteiger partial charge >= 0.3 is 0 Å². The Labute approximate surface area is 217 Å². The van der Waals surface area contributed by atoms with Crippen molar-refractivity contribution in [3.63, 3.8) is 0 Å². The molecule has 0 atom stereocenters. The zero-order valence-electron chi connectivity index (χ0n) is 21.1. The van der Waals surface area contributed by atoms with E-state index in [0.717, 1.165) is 57.1 Å². The number of fused-ring (bicyclic) bond motifs is 5. The van der Waals surface area contributed by atoms with Gasteiger partial charge in [0.2, 0.25) is 0 Å². The van der Waals surface area contributed by atoms with Crippen LogP contribution in [0.3, 0.4) is 0 Å². The van der Waals surface area contributed by atoms with Crippen molar-refractivity contribution in [2.45, 2.75) is 70.4 Å². The van der Waals surface area contributed by atoms with Crippen molar-refractivity contribution in [3.05, 3.63) is 70.6 Å². The van der Waals surface area contributed by atoms with Crippen LogP contribution in [0.15, 0.2) is 48.7 Å². The molecule has 0 spiro atoms. The molecule has 3 aromatic heterocycles. The first-order valence-electron chi connectivity index (χ1n) is 13.1. The molecule has 2 bridgehead atoms. The van der Waals surface area contributed by atoms with Crippen molar-refractivity contribution in [3.8, 4) is 5.75 Å². The third-order valence-corrected chi connectivity index (χ3v) is 9.14. The monoisotopic (exact) mass is 500 g/mol. The summed E-state index contributed by atoms with van der Waals surface area (Å²) in [5, 5.41) is 5.80. The Kier molecular flexibility index (Phi) is 6.09. The van der Waals surface area contributed by atoms with Gasteiger partial charge in [0.05, 0.1) is 34.4 Å².